The summed E-state index contributed by atoms with van der Waals surface area (Å²) >= 11 is 0. The Balaban J connectivity index is 4.43. The summed E-state index contributed by atoms with van der Waals surface area (Å²) in [6, 6.07) is 0. The van der Waals surface area contributed by atoms with E-state index in [0.29, 0.717) is 0 Å². The van der Waals surface area contributed by atoms with Crippen molar-refractivity contribution >= 4 is 15.0 Å². The molecule has 0 aliphatic carbocycles. The highest BCUT2D eigenvalue weighted by Crippen LogP contribution is 2.59. The Morgan fingerprint density at radius 3 is 2.15 bits per heavy atom. The lowest BCUT2D eigenvalue weighted by Gasteiger charge is -2.17. The van der Waals surface area contributed by atoms with E-state index < -0.39 is 26.7 Å². The minimum Gasteiger partial charge on any atom is -0.383 e. The molecule has 3 unspecified atom stereocenters. The Morgan fingerprint density at radius 1 is 1.38 bits per heavy atom. The smallest absolute Gasteiger partial charge is 0.337 e. The Hall–Kier alpha value is 0.300. The summed E-state index contributed by atoms with van der Waals surface area (Å²) in [6.07, 6.45) is 0. The molecule has 0 rings (SSSR count). The molecule has 80 valence electrons. The average Bonchev–Trinajstić information content (AvgIpc) is 1.83. The van der Waals surface area contributed by atoms with Crippen molar-refractivity contribution in [1.29, 1.82) is 0 Å². The summed E-state index contributed by atoms with van der Waals surface area (Å²) in [7, 11) is -8.04. The topological polar surface area (TPSA) is 104 Å². The van der Waals surface area contributed by atoms with Gasteiger partial charge in [0.25, 0.3) is 0 Å². The van der Waals surface area contributed by atoms with Crippen LogP contribution in [0.5, 0.6) is 0 Å². The first-order valence-electron chi connectivity index (χ1n) is 3.67. The van der Waals surface area contributed by atoms with Crippen molar-refractivity contribution in [2.75, 3.05) is 12.5 Å². The van der Waals surface area contributed by atoms with Crippen LogP contribution < -0.4 is 0 Å². The standard InChI is InChI=1S/C5H14O6P2/c1-3-11-13(9,10)4-12(7,8)5(2)6/h5-6H,3-4H2,1-2H3,(H,7,8)(H,9,10). The summed E-state index contributed by atoms with van der Waals surface area (Å²) in [6.45, 7) is 2.56. The van der Waals surface area contributed by atoms with Crippen molar-refractivity contribution in [2.24, 2.45) is 0 Å². The van der Waals surface area contributed by atoms with Crippen molar-refractivity contribution in [3.05, 3.63) is 0 Å². The lowest BCUT2D eigenvalue weighted by Crippen LogP contribution is -2.06. The summed E-state index contributed by atoms with van der Waals surface area (Å²) in [5, 5.41) is 8.81. The molecule has 8 heteroatoms. The van der Waals surface area contributed by atoms with Gasteiger partial charge in [-0.1, -0.05) is 0 Å². The highest BCUT2D eigenvalue weighted by molar-refractivity contribution is 7.73. The van der Waals surface area contributed by atoms with Crippen LogP contribution in [0.1, 0.15) is 13.8 Å². The number of aliphatic hydroxyl groups is 1. The van der Waals surface area contributed by atoms with Gasteiger partial charge in [-0.05, 0) is 13.8 Å². The zero-order valence-corrected chi connectivity index (χ0v) is 9.24. The second-order valence-corrected chi connectivity index (χ2v) is 7.51. The molecule has 0 amide bonds. The van der Waals surface area contributed by atoms with Crippen LogP contribution in [0.3, 0.4) is 0 Å². The van der Waals surface area contributed by atoms with Gasteiger partial charge in [-0.2, -0.15) is 0 Å². The zero-order chi connectivity index (χ0) is 10.7. The lowest BCUT2D eigenvalue weighted by atomic mass is 10.9. The van der Waals surface area contributed by atoms with Crippen molar-refractivity contribution in [3.8, 4) is 0 Å². The van der Waals surface area contributed by atoms with Crippen LogP contribution in [-0.2, 0) is 13.7 Å². The van der Waals surface area contributed by atoms with E-state index in [1.54, 1.807) is 0 Å². The molecule has 13 heavy (non-hydrogen) atoms. The molecular weight excluding hydrogens is 218 g/mol. The molecule has 0 saturated carbocycles. The Kier molecular flexibility index (Phi) is 4.80. The monoisotopic (exact) mass is 232 g/mol. The number of rotatable bonds is 5. The normalized spacial score (nSPS) is 23.2. The number of hydrogen-bond donors (Lipinski definition) is 3. The maximum atomic E-state index is 11.1. The first kappa shape index (κ1) is 13.3. The van der Waals surface area contributed by atoms with Crippen LogP contribution in [0.4, 0.5) is 0 Å². The minimum absolute atomic E-state index is 0.0203. The van der Waals surface area contributed by atoms with Gasteiger partial charge < -0.3 is 19.4 Å². The molecule has 0 radical (unpaired) electrons. The maximum absolute atomic E-state index is 11.1. The van der Waals surface area contributed by atoms with E-state index in [-0.39, 0.29) is 6.61 Å². The second kappa shape index (κ2) is 4.69. The first-order chi connectivity index (χ1) is 5.71. The fourth-order valence-corrected chi connectivity index (χ4v) is 4.34. The molecule has 0 aromatic carbocycles. The molecule has 0 saturated heterocycles. The molecular formula is C5H14O6P2. The Morgan fingerprint density at radius 2 is 1.85 bits per heavy atom. The third-order valence-electron chi connectivity index (χ3n) is 1.30. The summed E-state index contributed by atoms with van der Waals surface area (Å²) < 4.78 is 26.5. The van der Waals surface area contributed by atoms with Crippen LogP contribution in [0.25, 0.3) is 0 Å². The van der Waals surface area contributed by atoms with Crippen LogP contribution >= 0.6 is 15.0 Å². The van der Waals surface area contributed by atoms with Crippen LogP contribution in [0.2, 0.25) is 0 Å². The van der Waals surface area contributed by atoms with Gasteiger partial charge in [0, 0.05) is 0 Å². The quantitative estimate of drug-likeness (QED) is 0.605. The van der Waals surface area contributed by atoms with Gasteiger partial charge in [-0.3, -0.25) is 9.13 Å². The van der Waals surface area contributed by atoms with Gasteiger partial charge in [-0.25, -0.2) is 0 Å². The van der Waals surface area contributed by atoms with E-state index in [1.807, 2.05) is 0 Å². The van der Waals surface area contributed by atoms with Gasteiger partial charge in [0.05, 0.1) is 6.61 Å². The minimum atomic E-state index is -4.04. The van der Waals surface area contributed by atoms with E-state index >= 15 is 0 Å². The van der Waals surface area contributed by atoms with Crippen molar-refractivity contribution < 1.29 is 28.5 Å². The summed E-state index contributed by atoms with van der Waals surface area (Å²) in [5.74, 6) is -2.43. The molecule has 0 aromatic heterocycles. The fraction of sp³-hybridized carbons (Fsp3) is 1.00. The predicted octanol–water partition coefficient (Wildman–Crippen LogP) is 0.774. The number of hydrogen-bond acceptors (Lipinski definition) is 4. The zero-order valence-electron chi connectivity index (χ0n) is 7.45. The van der Waals surface area contributed by atoms with Crippen LogP contribution in [-0.4, -0.2) is 33.2 Å². The first-order valence-corrected chi connectivity index (χ1v) is 7.35. The van der Waals surface area contributed by atoms with E-state index in [1.165, 1.54) is 6.92 Å². The predicted molar refractivity (Wildman–Crippen MR) is 47.8 cm³/mol. The molecule has 0 aromatic rings. The van der Waals surface area contributed by atoms with E-state index in [4.69, 9.17) is 14.9 Å². The third-order valence-corrected chi connectivity index (χ3v) is 6.18. The molecule has 3 N–H and O–H groups in total. The third kappa shape index (κ3) is 4.91. The van der Waals surface area contributed by atoms with Gasteiger partial charge in [0.1, 0.15) is 11.7 Å². The molecule has 6 nitrogen and oxygen atoms in total. The van der Waals surface area contributed by atoms with Crippen molar-refractivity contribution in [1.82, 2.24) is 0 Å². The fourth-order valence-electron chi connectivity index (χ4n) is 0.617. The average molecular weight is 232 g/mol. The van der Waals surface area contributed by atoms with Crippen molar-refractivity contribution in [2.45, 2.75) is 19.7 Å². The lowest BCUT2D eigenvalue weighted by molar-refractivity contribution is 0.245. The van der Waals surface area contributed by atoms with E-state index in [2.05, 4.69) is 4.52 Å². The van der Waals surface area contributed by atoms with Gasteiger partial charge in [0.15, 0.2) is 0 Å². The summed E-state index contributed by atoms with van der Waals surface area (Å²) in [4.78, 5) is 18.0. The van der Waals surface area contributed by atoms with Gasteiger partial charge >= 0.3 is 7.60 Å². The molecule has 0 heterocycles. The van der Waals surface area contributed by atoms with Crippen LogP contribution in [0.15, 0.2) is 0 Å². The molecule has 0 bridgehead atoms. The molecule has 0 fully saturated rings. The molecule has 0 spiro atoms. The van der Waals surface area contributed by atoms with Crippen molar-refractivity contribution in [3.63, 3.8) is 0 Å². The van der Waals surface area contributed by atoms with Gasteiger partial charge in [-0.15, -0.1) is 0 Å². The maximum Gasteiger partial charge on any atom is 0.337 e. The molecule has 0 aliphatic heterocycles. The van der Waals surface area contributed by atoms with Crippen LogP contribution in [0, 0.1) is 0 Å². The molecule has 0 aliphatic rings. The SMILES string of the molecule is CCOP(=O)(O)CP(=O)(O)C(C)O. The highest BCUT2D eigenvalue weighted by Gasteiger charge is 2.35. The highest BCUT2D eigenvalue weighted by atomic mass is 31.2. The second-order valence-electron chi connectivity index (χ2n) is 2.58. The number of aliphatic hydroxyl groups excluding tert-OH is 1. The van der Waals surface area contributed by atoms with E-state index in [9.17, 15) is 9.13 Å². The Bertz CT molecular complexity index is 249. The largest absolute Gasteiger partial charge is 0.383 e. The van der Waals surface area contributed by atoms with Gasteiger partial charge in [0.2, 0.25) is 7.37 Å². The molecule has 3 atom stereocenters. The van der Waals surface area contributed by atoms with E-state index in [0.717, 1.165) is 6.92 Å². The Labute approximate surface area is 76.5 Å². The summed E-state index contributed by atoms with van der Waals surface area (Å²) in [5.41, 5.74) is 0.